The van der Waals surface area contributed by atoms with Crippen molar-refractivity contribution in [3.8, 4) is 0 Å². The smallest absolute Gasteiger partial charge is 0.251 e. The molecule has 0 unspecified atom stereocenters. The predicted octanol–water partition coefficient (Wildman–Crippen LogP) is 2.65. The maximum atomic E-state index is 6.05. The van der Waals surface area contributed by atoms with Crippen molar-refractivity contribution < 1.29 is 13.7 Å². The molecular formula is C17H15N5O3. The molecule has 3 aromatic heterocycles. The van der Waals surface area contributed by atoms with Crippen molar-refractivity contribution in [3.05, 3.63) is 42.3 Å². The van der Waals surface area contributed by atoms with E-state index in [-0.39, 0.29) is 6.04 Å². The molecule has 1 aliphatic heterocycles. The van der Waals surface area contributed by atoms with Crippen LogP contribution in [0.5, 0.6) is 0 Å². The summed E-state index contributed by atoms with van der Waals surface area (Å²) in [4.78, 5) is 15.3. The Bertz CT molecular complexity index is 1060. The number of fused-ring (bicyclic) bond motifs is 3. The Labute approximate surface area is 142 Å². The van der Waals surface area contributed by atoms with Crippen molar-refractivity contribution in [1.82, 2.24) is 20.1 Å². The summed E-state index contributed by atoms with van der Waals surface area (Å²) in [6, 6.07) is 7.63. The van der Waals surface area contributed by atoms with Crippen LogP contribution >= 0.6 is 0 Å². The molecule has 5 rings (SSSR count). The van der Waals surface area contributed by atoms with Gasteiger partial charge in [0, 0.05) is 11.9 Å². The zero-order valence-corrected chi connectivity index (χ0v) is 13.5. The highest BCUT2D eigenvalue weighted by Crippen LogP contribution is 2.36. The van der Waals surface area contributed by atoms with Crippen LogP contribution in [0.15, 0.2) is 39.5 Å². The molecule has 25 heavy (non-hydrogen) atoms. The van der Waals surface area contributed by atoms with Crippen molar-refractivity contribution >= 4 is 27.9 Å². The number of aryl methyl sites for hydroxylation is 1. The Kier molecular flexibility index (Phi) is 3.17. The van der Waals surface area contributed by atoms with Crippen molar-refractivity contribution in [2.75, 3.05) is 24.7 Å². The zero-order valence-electron chi connectivity index (χ0n) is 13.5. The first kappa shape index (κ1) is 14.4. The van der Waals surface area contributed by atoms with Crippen LogP contribution in [0.2, 0.25) is 0 Å². The number of benzene rings is 1. The molecule has 1 aromatic carbocycles. The van der Waals surface area contributed by atoms with Crippen molar-refractivity contribution in [2.24, 2.45) is 0 Å². The number of aromatic nitrogens is 4. The number of ether oxygens (including phenoxy) is 1. The lowest BCUT2D eigenvalue weighted by atomic mass is 10.2. The number of furan rings is 1. The third kappa shape index (κ3) is 2.25. The van der Waals surface area contributed by atoms with Gasteiger partial charge in [-0.15, -0.1) is 0 Å². The highest BCUT2D eigenvalue weighted by molar-refractivity contribution is 6.05. The molecule has 0 spiro atoms. The van der Waals surface area contributed by atoms with Crippen LogP contribution in [0.1, 0.15) is 17.8 Å². The first-order chi connectivity index (χ1) is 12.3. The number of para-hydroxylation sites is 1. The number of anilines is 1. The molecule has 1 atom stereocenters. The second kappa shape index (κ2) is 5.52. The molecule has 0 radical (unpaired) electrons. The molecule has 0 saturated carbocycles. The lowest BCUT2D eigenvalue weighted by Crippen LogP contribution is -2.40. The molecule has 4 heterocycles. The predicted molar refractivity (Wildman–Crippen MR) is 89.3 cm³/mol. The lowest BCUT2D eigenvalue weighted by molar-refractivity contribution is 0.0834. The van der Waals surface area contributed by atoms with E-state index in [1.54, 1.807) is 13.3 Å². The molecular weight excluding hydrogens is 322 g/mol. The number of morpholine rings is 1. The van der Waals surface area contributed by atoms with E-state index in [1.165, 1.54) is 0 Å². The summed E-state index contributed by atoms with van der Waals surface area (Å²) in [5, 5.41) is 4.86. The molecule has 4 aromatic rings. The van der Waals surface area contributed by atoms with Gasteiger partial charge in [0.05, 0.1) is 13.2 Å². The summed E-state index contributed by atoms with van der Waals surface area (Å²) >= 11 is 0. The van der Waals surface area contributed by atoms with Crippen molar-refractivity contribution in [2.45, 2.75) is 13.0 Å². The van der Waals surface area contributed by atoms with Crippen molar-refractivity contribution in [3.63, 3.8) is 0 Å². The SMILES string of the molecule is Cc1noc([C@@H]2COCCN2c2ncnc3c2oc2ccccc23)n1. The van der Waals surface area contributed by atoms with Crippen LogP contribution in [-0.4, -0.2) is 39.9 Å². The Morgan fingerprint density at radius 2 is 2.12 bits per heavy atom. The summed E-state index contributed by atoms with van der Waals surface area (Å²) in [5.41, 5.74) is 2.25. The molecule has 0 amide bonds. The van der Waals surface area contributed by atoms with Gasteiger partial charge >= 0.3 is 0 Å². The van der Waals surface area contributed by atoms with Gasteiger partial charge in [-0.3, -0.25) is 0 Å². The fraction of sp³-hybridized carbons (Fsp3) is 0.294. The Hall–Kier alpha value is -3.00. The normalized spacial score (nSPS) is 18.3. The minimum atomic E-state index is -0.207. The second-order valence-corrected chi connectivity index (χ2v) is 5.94. The lowest BCUT2D eigenvalue weighted by Gasteiger charge is -2.33. The first-order valence-corrected chi connectivity index (χ1v) is 8.08. The van der Waals surface area contributed by atoms with E-state index < -0.39 is 0 Å². The van der Waals surface area contributed by atoms with Crippen LogP contribution in [0.4, 0.5) is 5.82 Å². The maximum absolute atomic E-state index is 6.05. The van der Waals surface area contributed by atoms with Gasteiger partial charge in [-0.2, -0.15) is 4.98 Å². The van der Waals surface area contributed by atoms with E-state index in [4.69, 9.17) is 13.7 Å². The average molecular weight is 337 g/mol. The molecule has 126 valence electrons. The first-order valence-electron chi connectivity index (χ1n) is 8.08. The van der Waals surface area contributed by atoms with Gasteiger partial charge in [0.25, 0.3) is 5.89 Å². The standard InChI is InChI=1S/C17H15N5O3/c1-10-20-17(25-21-10)12-8-23-7-6-22(12)16-15-14(18-9-19-16)11-4-2-3-5-13(11)24-15/h2-5,9,12H,6-8H2,1H3/t12-/m0/s1. The number of rotatable bonds is 2. The summed E-state index contributed by atoms with van der Waals surface area (Å²) < 4.78 is 17.0. The molecule has 8 heteroatoms. The van der Waals surface area contributed by atoms with Gasteiger partial charge in [-0.1, -0.05) is 17.3 Å². The van der Waals surface area contributed by atoms with E-state index in [0.717, 1.165) is 16.5 Å². The number of hydrogen-bond donors (Lipinski definition) is 0. The fourth-order valence-corrected chi connectivity index (χ4v) is 3.23. The van der Waals surface area contributed by atoms with Gasteiger partial charge in [0.15, 0.2) is 17.2 Å². The van der Waals surface area contributed by atoms with E-state index >= 15 is 0 Å². The minimum Gasteiger partial charge on any atom is -0.450 e. The van der Waals surface area contributed by atoms with E-state index in [2.05, 4.69) is 25.0 Å². The van der Waals surface area contributed by atoms with Gasteiger partial charge < -0.3 is 18.6 Å². The minimum absolute atomic E-state index is 0.207. The van der Waals surface area contributed by atoms with E-state index in [1.807, 2.05) is 24.3 Å². The highest BCUT2D eigenvalue weighted by atomic mass is 16.5. The van der Waals surface area contributed by atoms with E-state index in [9.17, 15) is 0 Å². The fourth-order valence-electron chi connectivity index (χ4n) is 3.23. The number of hydrogen-bond acceptors (Lipinski definition) is 8. The van der Waals surface area contributed by atoms with Crippen LogP contribution in [0.25, 0.3) is 22.1 Å². The zero-order chi connectivity index (χ0) is 16.8. The third-order valence-electron chi connectivity index (χ3n) is 4.37. The molecule has 0 bridgehead atoms. The van der Waals surface area contributed by atoms with Crippen LogP contribution < -0.4 is 4.90 Å². The summed E-state index contributed by atoms with van der Waals surface area (Å²) in [6.45, 7) is 3.49. The Morgan fingerprint density at radius 1 is 1.20 bits per heavy atom. The summed E-state index contributed by atoms with van der Waals surface area (Å²) in [5.74, 6) is 1.82. The second-order valence-electron chi connectivity index (χ2n) is 5.94. The van der Waals surface area contributed by atoms with Gasteiger partial charge in [-0.25, -0.2) is 9.97 Å². The van der Waals surface area contributed by atoms with Crippen molar-refractivity contribution in [1.29, 1.82) is 0 Å². The summed E-state index contributed by atoms with van der Waals surface area (Å²) in [7, 11) is 0. The third-order valence-corrected chi connectivity index (χ3v) is 4.37. The Morgan fingerprint density at radius 3 is 3.00 bits per heavy atom. The van der Waals surface area contributed by atoms with E-state index in [0.29, 0.717) is 42.9 Å². The molecule has 0 N–H and O–H groups in total. The molecule has 1 aliphatic rings. The van der Waals surface area contributed by atoms with Crippen LogP contribution in [-0.2, 0) is 4.74 Å². The van der Waals surface area contributed by atoms with Gasteiger partial charge in [0.2, 0.25) is 0 Å². The van der Waals surface area contributed by atoms with Crippen LogP contribution in [0.3, 0.4) is 0 Å². The maximum Gasteiger partial charge on any atom is 0.251 e. The molecule has 1 fully saturated rings. The molecule has 0 aliphatic carbocycles. The summed E-state index contributed by atoms with van der Waals surface area (Å²) in [6.07, 6.45) is 1.56. The average Bonchev–Trinajstić information content (AvgIpc) is 3.25. The highest BCUT2D eigenvalue weighted by Gasteiger charge is 2.32. The molecule has 1 saturated heterocycles. The monoisotopic (exact) mass is 337 g/mol. The largest absolute Gasteiger partial charge is 0.450 e. The van der Waals surface area contributed by atoms with Crippen LogP contribution in [0, 0.1) is 6.92 Å². The quantitative estimate of drug-likeness (QED) is 0.551. The van der Waals surface area contributed by atoms with Gasteiger partial charge in [0.1, 0.15) is 23.5 Å². The Balaban J connectivity index is 1.68. The van der Waals surface area contributed by atoms with Gasteiger partial charge in [-0.05, 0) is 19.1 Å². The number of nitrogens with zero attached hydrogens (tertiary/aromatic N) is 5. The molecule has 8 nitrogen and oxygen atoms in total. The topological polar surface area (TPSA) is 90.3 Å².